The van der Waals surface area contributed by atoms with Crippen LogP contribution in [0.15, 0.2) is 124 Å². The first-order chi connectivity index (χ1) is 15.0. The van der Waals surface area contributed by atoms with Crippen molar-refractivity contribution in [3.63, 3.8) is 0 Å². The molecule has 0 amide bonds. The third-order valence-electron chi connectivity index (χ3n) is 4.54. The van der Waals surface area contributed by atoms with Crippen LogP contribution in [-0.2, 0) is 10.1 Å². The standard InChI is InChI=1S/C24H19N3O3S.Na/c28-31(29,30)24-17-13-20(14-18-24)26-25-19-11-15-23(16-12-19)27(21-7-3-1-4-8-21)22-9-5-2-6-10-22;/h1-18H,(H,28,29,30);/q;+1/p-1. The van der Waals surface area contributed by atoms with Gasteiger partial charge in [0.15, 0.2) is 0 Å². The zero-order valence-corrected chi connectivity index (χ0v) is 20.2. The summed E-state index contributed by atoms with van der Waals surface area (Å²) < 4.78 is 33.0. The van der Waals surface area contributed by atoms with Crippen LogP contribution in [0, 0.1) is 0 Å². The van der Waals surface area contributed by atoms with Gasteiger partial charge in [-0.2, -0.15) is 10.2 Å². The molecule has 0 spiro atoms. The van der Waals surface area contributed by atoms with Gasteiger partial charge in [-0.05, 0) is 72.8 Å². The van der Waals surface area contributed by atoms with Crippen LogP contribution in [0.1, 0.15) is 0 Å². The van der Waals surface area contributed by atoms with E-state index in [9.17, 15) is 13.0 Å². The van der Waals surface area contributed by atoms with E-state index in [1.54, 1.807) is 0 Å². The Bertz CT molecular complexity index is 1240. The molecular formula is C24H18N3NaO3S. The molecule has 0 aliphatic carbocycles. The Morgan fingerprint density at radius 1 is 0.562 bits per heavy atom. The number of hydrogen-bond donors (Lipinski definition) is 0. The number of hydrogen-bond acceptors (Lipinski definition) is 6. The van der Waals surface area contributed by atoms with Crippen molar-refractivity contribution in [3.8, 4) is 0 Å². The molecule has 0 N–H and O–H groups in total. The van der Waals surface area contributed by atoms with E-state index in [1.807, 2.05) is 84.9 Å². The van der Waals surface area contributed by atoms with E-state index in [-0.39, 0.29) is 34.5 Å². The van der Waals surface area contributed by atoms with Gasteiger partial charge < -0.3 is 9.45 Å². The van der Waals surface area contributed by atoms with Crippen LogP contribution in [0.3, 0.4) is 0 Å². The first kappa shape index (κ1) is 23.8. The summed E-state index contributed by atoms with van der Waals surface area (Å²) >= 11 is 0. The summed E-state index contributed by atoms with van der Waals surface area (Å²) in [6, 6.07) is 33.1. The molecule has 0 saturated heterocycles. The number of benzene rings is 4. The van der Waals surface area contributed by atoms with Crippen molar-refractivity contribution in [1.29, 1.82) is 0 Å². The molecule has 0 heterocycles. The summed E-state index contributed by atoms with van der Waals surface area (Å²) in [4.78, 5) is 1.85. The van der Waals surface area contributed by atoms with Crippen LogP contribution in [0.25, 0.3) is 0 Å². The fourth-order valence-electron chi connectivity index (χ4n) is 3.06. The third kappa shape index (κ3) is 5.91. The van der Waals surface area contributed by atoms with E-state index in [4.69, 9.17) is 0 Å². The minimum Gasteiger partial charge on any atom is -0.744 e. The molecule has 0 atom stereocenters. The topological polar surface area (TPSA) is 85.2 Å². The zero-order valence-electron chi connectivity index (χ0n) is 17.4. The van der Waals surface area contributed by atoms with Gasteiger partial charge in [-0.15, -0.1) is 0 Å². The van der Waals surface area contributed by atoms with Gasteiger partial charge in [0.2, 0.25) is 0 Å². The predicted molar refractivity (Wildman–Crippen MR) is 120 cm³/mol. The first-order valence-corrected chi connectivity index (χ1v) is 10.9. The maximum atomic E-state index is 11.0. The van der Waals surface area contributed by atoms with Gasteiger partial charge in [-0.25, -0.2) is 8.42 Å². The molecule has 0 aliphatic heterocycles. The second-order valence-corrected chi connectivity index (χ2v) is 8.05. The summed E-state index contributed by atoms with van der Waals surface area (Å²) in [5, 5.41) is 8.30. The number of rotatable bonds is 6. The minimum atomic E-state index is -4.47. The SMILES string of the molecule is O=S(=O)([O-])c1ccc(N=Nc2ccc(N(c3ccccc3)c3ccccc3)cc2)cc1.[Na+]. The van der Waals surface area contributed by atoms with Crippen molar-refractivity contribution >= 4 is 38.6 Å². The zero-order chi connectivity index (χ0) is 21.7. The van der Waals surface area contributed by atoms with E-state index in [0.29, 0.717) is 11.4 Å². The average molecular weight is 451 g/mol. The Kier molecular flexibility index (Phi) is 7.95. The molecule has 32 heavy (non-hydrogen) atoms. The number of anilines is 3. The Morgan fingerprint density at radius 3 is 1.34 bits per heavy atom. The summed E-state index contributed by atoms with van der Waals surface area (Å²) in [5.41, 5.74) is 4.14. The van der Waals surface area contributed by atoms with Gasteiger partial charge in [-0.3, -0.25) is 0 Å². The number of para-hydroxylation sites is 2. The molecule has 4 aromatic carbocycles. The van der Waals surface area contributed by atoms with E-state index < -0.39 is 10.1 Å². The summed E-state index contributed by atoms with van der Waals surface area (Å²) in [6.07, 6.45) is 0. The summed E-state index contributed by atoms with van der Waals surface area (Å²) in [5.74, 6) is 0. The third-order valence-corrected chi connectivity index (χ3v) is 5.39. The average Bonchev–Trinajstić information content (AvgIpc) is 2.80. The molecule has 0 fully saturated rings. The molecule has 154 valence electrons. The van der Waals surface area contributed by atoms with E-state index in [0.717, 1.165) is 17.1 Å². The van der Waals surface area contributed by atoms with Crippen molar-refractivity contribution in [3.05, 3.63) is 109 Å². The van der Waals surface area contributed by atoms with Gasteiger partial charge in [0.1, 0.15) is 10.1 Å². The molecule has 8 heteroatoms. The van der Waals surface area contributed by atoms with Crippen molar-refractivity contribution in [2.45, 2.75) is 4.90 Å². The molecule has 0 aromatic heterocycles. The van der Waals surface area contributed by atoms with E-state index in [1.165, 1.54) is 24.3 Å². The minimum absolute atomic E-state index is 0. The second kappa shape index (κ2) is 10.7. The molecule has 4 rings (SSSR count). The summed E-state index contributed by atoms with van der Waals surface area (Å²) in [6.45, 7) is 0. The summed E-state index contributed by atoms with van der Waals surface area (Å²) in [7, 11) is -4.47. The first-order valence-electron chi connectivity index (χ1n) is 9.49. The molecule has 0 radical (unpaired) electrons. The van der Waals surface area contributed by atoms with Crippen LogP contribution in [-0.4, -0.2) is 13.0 Å². The van der Waals surface area contributed by atoms with Crippen LogP contribution in [0.2, 0.25) is 0 Å². The quantitative estimate of drug-likeness (QED) is 0.255. The fraction of sp³-hybridized carbons (Fsp3) is 0. The Labute approximate surface area is 209 Å². The van der Waals surface area contributed by atoms with Gasteiger partial charge in [0.05, 0.1) is 16.3 Å². The number of nitrogens with zero attached hydrogens (tertiary/aromatic N) is 3. The molecular weight excluding hydrogens is 433 g/mol. The Hall–Kier alpha value is -2.81. The van der Waals surface area contributed by atoms with Crippen LogP contribution < -0.4 is 34.5 Å². The largest absolute Gasteiger partial charge is 1.00 e. The Morgan fingerprint density at radius 2 is 0.938 bits per heavy atom. The normalized spacial score (nSPS) is 11.2. The van der Waals surface area contributed by atoms with Crippen LogP contribution in [0.4, 0.5) is 28.4 Å². The van der Waals surface area contributed by atoms with Crippen LogP contribution in [0.5, 0.6) is 0 Å². The molecule has 0 unspecified atom stereocenters. The van der Waals surface area contributed by atoms with Gasteiger partial charge in [-0.1, -0.05) is 36.4 Å². The smallest absolute Gasteiger partial charge is 0.744 e. The monoisotopic (exact) mass is 451 g/mol. The number of azo groups is 1. The van der Waals surface area contributed by atoms with Crippen molar-refractivity contribution in [1.82, 2.24) is 0 Å². The maximum absolute atomic E-state index is 11.0. The molecule has 0 saturated carbocycles. The molecule has 0 bridgehead atoms. The molecule has 4 aromatic rings. The van der Waals surface area contributed by atoms with E-state index in [2.05, 4.69) is 15.1 Å². The van der Waals surface area contributed by atoms with Gasteiger partial charge in [0, 0.05) is 17.1 Å². The predicted octanol–water partition coefficient (Wildman–Crippen LogP) is 3.48. The van der Waals surface area contributed by atoms with Gasteiger partial charge in [0.25, 0.3) is 0 Å². The fourth-order valence-corrected chi connectivity index (χ4v) is 3.53. The maximum Gasteiger partial charge on any atom is 1.00 e. The molecule has 0 aliphatic rings. The second-order valence-electron chi connectivity index (χ2n) is 6.67. The van der Waals surface area contributed by atoms with Crippen molar-refractivity contribution < 1.29 is 42.5 Å². The molecule has 6 nitrogen and oxygen atoms in total. The Balaban J connectivity index is 0.00000289. The van der Waals surface area contributed by atoms with Crippen LogP contribution >= 0.6 is 0 Å². The van der Waals surface area contributed by atoms with Crippen molar-refractivity contribution in [2.24, 2.45) is 10.2 Å². The van der Waals surface area contributed by atoms with Gasteiger partial charge >= 0.3 is 29.6 Å². The van der Waals surface area contributed by atoms with Crippen molar-refractivity contribution in [2.75, 3.05) is 4.90 Å². The van der Waals surface area contributed by atoms with E-state index >= 15 is 0 Å².